The van der Waals surface area contributed by atoms with Gasteiger partial charge in [-0.05, 0) is 77.1 Å². The van der Waals surface area contributed by atoms with Crippen LogP contribution in [0.15, 0.2) is 72.8 Å². The average Bonchev–Trinajstić information content (AvgIpc) is 2.79. The van der Waals surface area contributed by atoms with Gasteiger partial charge in [-0.2, -0.15) is 0 Å². The summed E-state index contributed by atoms with van der Waals surface area (Å²) in [5, 5.41) is 28.3. The van der Waals surface area contributed by atoms with Crippen LogP contribution >= 0.6 is 0 Å². The Balaban J connectivity index is 1.99. The van der Waals surface area contributed by atoms with E-state index in [-0.39, 0.29) is 17.9 Å². The number of carboxylic acids is 1. The summed E-state index contributed by atoms with van der Waals surface area (Å²) in [4.78, 5) is 10.6. The SMILES string of the molecule is CCCC(=C(c1ccc(O)cc1)c1ccc(O)cc1)c1ccc(OCCCC(=O)O)cc1. The third-order valence-corrected chi connectivity index (χ3v) is 5.12. The van der Waals surface area contributed by atoms with Gasteiger partial charge in [0, 0.05) is 6.42 Å². The summed E-state index contributed by atoms with van der Waals surface area (Å²) in [5.74, 6) is 0.292. The first-order valence-corrected chi connectivity index (χ1v) is 10.7. The first-order valence-electron chi connectivity index (χ1n) is 10.7. The van der Waals surface area contributed by atoms with Gasteiger partial charge in [0.05, 0.1) is 6.61 Å². The molecule has 0 fully saturated rings. The zero-order valence-corrected chi connectivity index (χ0v) is 18.1. The predicted molar refractivity (Wildman–Crippen MR) is 126 cm³/mol. The standard InChI is InChI=1S/C27H28O5/c1-2-4-25(19-10-16-24(17-11-19)32-18-3-5-26(30)31)27(20-6-12-22(28)13-7-20)21-8-14-23(29)15-9-21/h6-17,28-29H,2-5,18H2,1H3,(H,30,31). The number of ether oxygens (including phenoxy) is 1. The van der Waals surface area contributed by atoms with Gasteiger partial charge in [-0.1, -0.05) is 49.7 Å². The Hall–Kier alpha value is -3.73. The topological polar surface area (TPSA) is 87.0 Å². The number of carboxylic acid groups (broad SMARTS) is 1. The molecule has 3 aromatic carbocycles. The Bertz CT molecular complexity index is 1000. The first kappa shape index (κ1) is 22.9. The van der Waals surface area contributed by atoms with Crippen LogP contribution in [0.4, 0.5) is 0 Å². The fourth-order valence-corrected chi connectivity index (χ4v) is 3.60. The molecule has 0 unspecified atom stereocenters. The van der Waals surface area contributed by atoms with E-state index in [2.05, 4.69) is 6.92 Å². The van der Waals surface area contributed by atoms with E-state index in [0.717, 1.165) is 40.7 Å². The lowest BCUT2D eigenvalue weighted by Crippen LogP contribution is -2.02. The van der Waals surface area contributed by atoms with Gasteiger partial charge in [-0.3, -0.25) is 4.79 Å². The molecular formula is C27H28O5. The van der Waals surface area contributed by atoms with Gasteiger partial charge in [0.25, 0.3) is 0 Å². The second kappa shape index (κ2) is 11.0. The van der Waals surface area contributed by atoms with Crippen molar-refractivity contribution >= 4 is 17.1 Å². The highest BCUT2D eigenvalue weighted by atomic mass is 16.5. The third kappa shape index (κ3) is 6.14. The van der Waals surface area contributed by atoms with Gasteiger partial charge in [0.2, 0.25) is 0 Å². The number of hydrogen-bond acceptors (Lipinski definition) is 4. The van der Waals surface area contributed by atoms with Crippen molar-refractivity contribution < 1.29 is 24.9 Å². The number of phenols is 2. The Morgan fingerprint density at radius 2 is 1.25 bits per heavy atom. The number of aromatic hydroxyl groups is 2. The molecule has 0 amide bonds. The highest BCUT2D eigenvalue weighted by Crippen LogP contribution is 2.36. The number of rotatable bonds is 10. The van der Waals surface area contributed by atoms with E-state index >= 15 is 0 Å². The predicted octanol–water partition coefficient (Wildman–Crippen LogP) is 6.10. The van der Waals surface area contributed by atoms with Crippen molar-refractivity contribution in [3.05, 3.63) is 89.5 Å². The minimum Gasteiger partial charge on any atom is -0.508 e. The number of benzene rings is 3. The fourth-order valence-electron chi connectivity index (χ4n) is 3.60. The lowest BCUT2D eigenvalue weighted by Gasteiger charge is -2.18. The Kier molecular flexibility index (Phi) is 7.92. The largest absolute Gasteiger partial charge is 0.508 e. The van der Waals surface area contributed by atoms with Crippen molar-refractivity contribution in [1.82, 2.24) is 0 Å². The van der Waals surface area contributed by atoms with Crippen molar-refractivity contribution in [2.75, 3.05) is 6.61 Å². The second-order valence-corrected chi connectivity index (χ2v) is 7.57. The summed E-state index contributed by atoms with van der Waals surface area (Å²) in [6.45, 7) is 2.49. The summed E-state index contributed by atoms with van der Waals surface area (Å²) >= 11 is 0. The van der Waals surface area contributed by atoms with Gasteiger partial charge in [-0.25, -0.2) is 0 Å². The molecule has 0 saturated carbocycles. The van der Waals surface area contributed by atoms with Gasteiger partial charge in [-0.15, -0.1) is 0 Å². The molecule has 5 nitrogen and oxygen atoms in total. The second-order valence-electron chi connectivity index (χ2n) is 7.57. The number of allylic oxidation sites excluding steroid dienone is 1. The molecule has 0 bridgehead atoms. The van der Waals surface area contributed by atoms with Crippen LogP contribution < -0.4 is 4.74 Å². The maximum atomic E-state index is 10.6. The van der Waals surface area contributed by atoms with Gasteiger partial charge in [0.15, 0.2) is 0 Å². The van der Waals surface area contributed by atoms with E-state index in [9.17, 15) is 15.0 Å². The smallest absolute Gasteiger partial charge is 0.303 e. The lowest BCUT2D eigenvalue weighted by atomic mass is 9.87. The van der Waals surface area contributed by atoms with Gasteiger partial charge in [0.1, 0.15) is 17.2 Å². The van der Waals surface area contributed by atoms with Crippen molar-refractivity contribution in [3.63, 3.8) is 0 Å². The quantitative estimate of drug-likeness (QED) is 0.266. The van der Waals surface area contributed by atoms with Crippen molar-refractivity contribution in [3.8, 4) is 17.2 Å². The molecule has 0 radical (unpaired) electrons. The molecule has 0 saturated heterocycles. The van der Waals surface area contributed by atoms with Crippen molar-refractivity contribution in [2.45, 2.75) is 32.6 Å². The maximum absolute atomic E-state index is 10.6. The van der Waals surface area contributed by atoms with Crippen molar-refractivity contribution in [1.29, 1.82) is 0 Å². The molecule has 5 heteroatoms. The van der Waals surface area contributed by atoms with E-state index in [1.54, 1.807) is 24.3 Å². The van der Waals surface area contributed by atoms with Crippen LogP contribution in [0.1, 0.15) is 49.3 Å². The summed E-state index contributed by atoms with van der Waals surface area (Å²) in [5.41, 5.74) is 5.21. The van der Waals surface area contributed by atoms with E-state index in [1.165, 1.54) is 0 Å². The number of carbonyl (C=O) groups is 1. The van der Waals surface area contributed by atoms with Crippen LogP contribution in [0.3, 0.4) is 0 Å². The summed E-state index contributed by atoms with van der Waals surface area (Å²) in [7, 11) is 0. The Morgan fingerprint density at radius 3 is 1.72 bits per heavy atom. The highest BCUT2D eigenvalue weighted by Gasteiger charge is 2.14. The maximum Gasteiger partial charge on any atom is 0.303 e. The fraction of sp³-hybridized carbons (Fsp3) is 0.222. The van der Waals surface area contributed by atoms with E-state index < -0.39 is 5.97 Å². The summed E-state index contributed by atoms with van der Waals surface area (Å²) < 4.78 is 5.67. The molecule has 0 spiro atoms. The van der Waals surface area contributed by atoms with Crippen molar-refractivity contribution in [2.24, 2.45) is 0 Å². The zero-order valence-electron chi connectivity index (χ0n) is 18.1. The molecule has 0 aliphatic carbocycles. The lowest BCUT2D eigenvalue weighted by molar-refractivity contribution is -0.137. The molecule has 0 aliphatic heterocycles. The van der Waals surface area contributed by atoms with Crippen LogP contribution in [0.25, 0.3) is 11.1 Å². The molecule has 0 aromatic heterocycles. The van der Waals surface area contributed by atoms with Crippen LogP contribution in [0, 0.1) is 0 Å². The van der Waals surface area contributed by atoms with Crippen LogP contribution in [0.5, 0.6) is 17.2 Å². The normalized spacial score (nSPS) is 10.5. The van der Waals surface area contributed by atoms with Crippen LogP contribution in [-0.2, 0) is 4.79 Å². The third-order valence-electron chi connectivity index (χ3n) is 5.12. The van der Waals surface area contributed by atoms with E-state index in [0.29, 0.717) is 18.8 Å². The Morgan fingerprint density at radius 1 is 0.750 bits per heavy atom. The molecular weight excluding hydrogens is 404 g/mol. The molecule has 166 valence electrons. The highest BCUT2D eigenvalue weighted by molar-refractivity contribution is 5.98. The summed E-state index contributed by atoms with van der Waals surface area (Å²) in [6, 6.07) is 22.1. The molecule has 32 heavy (non-hydrogen) atoms. The summed E-state index contributed by atoms with van der Waals surface area (Å²) in [6.07, 6.45) is 2.34. The van der Waals surface area contributed by atoms with Crippen LogP contribution in [0.2, 0.25) is 0 Å². The average molecular weight is 433 g/mol. The molecule has 3 aromatic rings. The van der Waals surface area contributed by atoms with Crippen LogP contribution in [-0.4, -0.2) is 27.9 Å². The minimum absolute atomic E-state index is 0.0874. The number of aliphatic carboxylic acids is 1. The zero-order chi connectivity index (χ0) is 22.9. The Labute approximate surface area is 188 Å². The molecule has 0 heterocycles. The van der Waals surface area contributed by atoms with Gasteiger partial charge < -0.3 is 20.1 Å². The monoisotopic (exact) mass is 432 g/mol. The van der Waals surface area contributed by atoms with E-state index in [4.69, 9.17) is 9.84 Å². The molecule has 3 rings (SSSR count). The molecule has 3 N–H and O–H groups in total. The number of hydrogen-bond donors (Lipinski definition) is 3. The number of phenolic OH excluding ortho intramolecular Hbond substituents is 2. The first-order chi connectivity index (χ1) is 15.5. The van der Waals surface area contributed by atoms with E-state index in [1.807, 2.05) is 48.5 Å². The molecule has 0 aliphatic rings. The van der Waals surface area contributed by atoms with Gasteiger partial charge >= 0.3 is 5.97 Å². The molecule has 0 atom stereocenters. The minimum atomic E-state index is -0.825.